The summed E-state index contributed by atoms with van der Waals surface area (Å²) >= 11 is 0. The zero-order valence-electron chi connectivity index (χ0n) is 12.9. The van der Waals surface area contributed by atoms with E-state index in [-0.39, 0.29) is 29.9 Å². The molecule has 0 saturated heterocycles. The number of amides is 1. The summed E-state index contributed by atoms with van der Waals surface area (Å²) < 4.78 is 5.12. The molecular formula is C16H21IN4O2. The van der Waals surface area contributed by atoms with Gasteiger partial charge in [-0.15, -0.1) is 24.0 Å². The molecule has 1 amide bonds. The van der Waals surface area contributed by atoms with E-state index in [4.69, 9.17) is 10.2 Å². The lowest BCUT2D eigenvalue weighted by Gasteiger charge is -2.05. The van der Waals surface area contributed by atoms with Crippen molar-refractivity contribution in [2.24, 2.45) is 10.7 Å². The summed E-state index contributed by atoms with van der Waals surface area (Å²) in [6.45, 7) is 2.88. The van der Waals surface area contributed by atoms with Gasteiger partial charge in [-0.3, -0.25) is 9.79 Å². The predicted octanol–water partition coefficient (Wildman–Crippen LogP) is 2.75. The number of para-hydroxylation sites is 1. The number of furan rings is 1. The smallest absolute Gasteiger partial charge is 0.287 e. The van der Waals surface area contributed by atoms with Gasteiger partial charge in [-0.1, -0.05) is 18.2 Å². The highest BCUT2D eigenvalue weighted by Crippen LogP contribution is 2.08. The Kier molecular flexibility index (Phi) is 8.17. The first-order valence-electron chi connectivity index (χ1n) is 7.11. The number of aryl methyl sites for hydroxylation is 1. The second-order valence-corrected chi connectivity index (χ2v) is 4.80. The average Bonchev–Trinajstić information content (AvgIpc) is 2.94. The molecule has 0 aliphatic carbocycles. The fourth-order valence-corrected chi connectivity index (χ4v) is 1.88. The molecule has 0 radical (unpaired) electrons. The maximum atomic E-state index is 11.8. The third-order valence-electron chi connectivity index (χ3n) is 3.02. The zero-order valence-corrected chi connectivity index (χ0v) is 15.2. The van der Waals surface area contributed by atoms with Crippen LogP contribution in [0.5, 0.6) is 0 Å². The van der Waals surface area contributed by atoms with Gasteiger partial charge in [-0.05, 0) is 31.5 Å². The summed E-state index contributed by atoms with van der Waals surface area (Å²) in [4.78, 5) is 16.0. The fourth-order valence-electron chi connectivity index (χ4n) is 1.88. The number of guanidine groups is 1. The number of benzene rings is 1. The lowest BCUT2D eigenvalue weighted by molar-refractivity contribution is 0.0925. The third kappa shape index (κ3) is 6.31. The Hall–Kier alpha value is -2.03. The van der Waals surface area contributed by atoms with Crippen LogP contribution in [0.15, 0.2) is 52.1 Å². The molecule has 0 atom stereocenters. The number of aliphatic imine (C=N–C) groups is 1. The molecule has 0 saturated carbocycles. The Bertz CT molecular complexity index is 641. The van der Waals surface area contributed by atoms with Crippen LogP contribution in [0.3, 0.4) is 0 Å². The van der Waals surface area contributed by atoms with E-state index in [0.717, 1.165) is 11.3 Å². The normalized spacial score (nSPS) is 10.7. The molecule has 0 aliphatic rings. The van der Waals surface area contributed by atoms with Crippen molar-refractivity contribution in [2.75, 3.05) is 18.4 Å². The van der Waals surface area contributed by atoms with E-state index in [1.165, 1.54) is 6.26 Å². The number of nitrogens with one attached hydrogen (secondary N) is 2. The van der Waals surface area contributed by atoms with Gasteiger partial charge < -0.3 is 20.8 Å². The van der Waals surface area contributed by atoms with Crippen LogP contribution in [0.4, 0.5) is 5.69 Å². The van der Waals surface area contributed by atoms with Gasteiger partial charge in [0, 0.05) is 24.3 Å². The van der Waals surface area contributed by atoms with Crippen molar-refractivity contribution in [1.82, 2.24) is 5.32 Å². The molecular weight excluding hydrogens is 407 g/mol. The Balaban J connectivity index is 0.00000264. The van der Waals surface area contributed by atoms with Crippen LogP contribution in [0, 0.1) is 6.92 Å². The largest absolute Gasteiger partial charge is 0.459 e. The Morgan fingerprint density at radius 1 is 1.26 bits per heavy atom. The Morgan fingerprint density at radius 2 is 2.00 bits per heavy atom. The number of halogens is 1. The topological polar surface area (TPSA) is 92.7 Å². The SMILES string of the molecule is Cc1ccoc1C(=O)NCCCN=C(N)Nc1ccccc1.I. The van der Waals surface area contributed by atoms with Crippen LogP contribution in [-0.4, -0.2) is 25.0 Å². The molecule has 1 aromatic carbocycles. The number of rotatable bonds is 6. The minimum Gasteiger partial charge on any atom is -0.459 e. The highest BCUT2D eigenvalue weighted by molar-refractivity contribution is 14.0. The van der Waals surface area contributed by atoms with Crippen LogP contribution >= 0.6 is 24.0 Å². The molecule has 0 spiro atoms. The Morgan fingerprint density at radius 3 is 2.65 bits per heavy atom. The van der Waals surface area contributed by atoms with Crippen molar-refractivity contribution in [3.63, 3.8) is 0 Å². The van der Waals surface area contributed by atoms with Gasteiger partial charge in [0.05, 0.1) is 6.26 Å². The quantitative estimate of drug-likeness (QED) is 0.286. The van der Waals surface area contributed by atoms with E-state index < -0.39 is 0 Å². The lowest BCUT2D eigenvalue weighted by atomic mass is 10.2. The van der Waals surface area contributed by atoms with Crippen molar-refractivity contribution in [2.45, 2.75) is 13.3 Å². The third-order valence-corrected chi connectivity index (χ3v) is 3.02. The predicted molar refractivity (Wildman–Crippen MR) is 102 cm³/mol. The first-order valence-corrected chi connectivity index (χ1v) is 7.11. The molecule has 2 aromatic rings. The second-order valence-electron chi connectivity index (χ2n) is 4.80. The van der Waals surface area contributed by atoms with Gasteiger partial charge in [0.15, 0.2) is 11.7 Å². The van der Waals surface area contributed by atoms with Crippen LogP contribution in [-0.2, 0) is 0 Å². The van der Waals surface area contributed by atoms with Gasteiger partial charge >= 0.3 is 0 Å². The van der Waals surface area contributed by atoms with E-state index in [0.29, 0.717) is 31.2 Å². The minimum absolute atomic E-state index is 0. The number of nitrogens with two attached hydrogens (primary N) is 1. The summed E-state index contributed by atoms with van der Waals surface area (Å²) in [6.07, 6.45) is 2.20. The van der Waals surface area contributed by atoms with E-state index >= 15 is 0 Å². The van der Waals surface area contributed by atoms with E-state index in [1.54, 1.807) is 6.07 Å². The van der Waals surface area contributed by atoms with Gasteiger partial charge in [0.1, 0.15) is 0 Å². The summed E-state index contributed by atoms with van der Waals surface area (Å²) in [5.74, 6) is 0.509. The van der Waals surface area contributed by atoms with Crippen LogP contribution < -0.4 is 16.4 Å². The van der Waals surface area contributed by atoms with Gasteiger partial charge in [-0.25, -0.2) is 0 Å². The molecule has 6 nitrogen and oxygen atoms in total. The van der Waals surface area contributed by atoms with Crippen LogP contribution in [0.25, 0.3) is 0 Å². The van der Waals surface area contributed by atoms with Crippen molar-refractivity contribution in [1.29, 1.82) is 0 Å². The summed E-state index contributed by atoms with van der Waals surface area (Å²) in [5.41, 5.74) is 7.50. The molecule has 23 heavy (non-hydrogen) atoms. The number of nitrogens with zero attached hydrogens (tertiary/aromatic N) is 1. The second kappa shape index (κ2) is 9.88. The number of anilines is 1. The minimum atomic E-state index is -0.207. The molecule has 0 bridgehead atoms. The first-order chi connectivity index (χ1) is 10.7. The van der Waals surface area contributed by atoms with E-state index in [1.807, 2.05) is 37.3 Å². The van der Waals surface area contributed by atoms with Gasteiger partial charge in [0.25, 0.3) is 5.91 Å². The molecule has 0 aliphatic heterocycles. The highest BCUT2D eigenvalue weighted by Gasteiger charge is 2.11. The molecule has 0 fully saturated rings. The average molecular weight is 428 g/mol. The van der Waals surface area contributed by atoms with E-state index in [9.17, 15) is 4.79 Å². The molecule has 1 aromatic heterocycles. The molecule has 1 heterocycles. The summed E-state index contributed by atoms with van der Waals surface area (Å²) in [7, 11) is 0. The lowest BCUT2D eigenvalue weighted by Crippen LogP contribution is -2.26. The molecule has 0 unspecified atom stereocenters. The molecule has 7 heteroatoms. The summed E-state index contributed by atoms with van der Waals surface area (Å²) in [6, 6.07) is 11.4. The fraction of sp³-hybridized carbons (Fsp3) is 0.250. The van der Waals surface area contributed by atoms with Crippen molar-refractivity contribution in [3.8, 4) is 0 Å². The molecule has 4 N–H and O–H groups in total. The van der Waals surface area contributed by atoms with Gasteiger partial charge in [-0.2, -0.15) is 0 Å². The maximum absolute atomic E-state index is 11.8. The molecule has 124 valence electrons. The first kappa shape index (κ1) is 19.0. The number of carbonyl (C=O) groups excluding carboxylic acids is 1. The van der Waals surface area contributed by atoms with Crippen molar-refractivity contribution >= 4 is 41.5 Å². The number of carbonyl (C=O) groups is 1. The van der Waals surface area contributed by atoms with Crippen LogP contribution in [0.1, 0.15) is 22.5 Å². The number of hydrogen-bond donors (Lipinski definition) is 3. The molecule has 2 rings (SSSR count). The Labute approximate surface area is 152 Å². The van der Waals surface area contributed by atoms with E-state index in [2.05, 4.69) is 15.6 Å². The van der Waals surface area contributed by atoms with Gasteiger partial charge in [0.2, 0.25) is 0 Å². The monoisotopic (exact) mass is 428 g/mol. The number of hydrogen-bond acceptors (Lipinski definition) is 3. The summed E-state index contributed by atoms with van der Waals surface area (Å²) in [5, 5.41) is 5.78. The highest BCUT2D eigenvalue weighted by atomic mass is 127. The maximum Gasteiger partial charge on any atom is 0.287 e. The zero-order chi connectivity index (χ0) is 15.8. The van der Waals surface area contributed by atoms with Crippen molar-refractivity contribution < 1.29 is 9.21 Å². The standard InChI is InChI=1S/C16H20N4O2.HI/c1-12-8-11-22-14(12)15(21)18-9-5-10-19-16(17)20-13-6-3-2-4-7-13;/h2-4,6-8,11H,5,9-10H2,1H3,(H,18,21)(H3,17,19,20);1H. The van der Waals surface area contributed by atoms with Crippen LogP contribution in [0.2, 0.25) is 0 Å². The van der Waals surface area contributed by atoms with Crippen molar-refractivity contribution in [3.05, 3.63) is 54.0 Å².